The van der Waals surface area contributed by atoms with Crippen LogP contribution < -0.4 is 0 Å². The van der Waals surface area contributed by atoms with Crippen LogP contribution >= 0.6 is 11.8 Å². The topological polar surface area (TPSA) is 108 Å². The molecule has 0 fully saturated rings. The van der Waals surface area contributed by atoms with Crippen molar-refractivity contribution in [2.45, 2.75) is 11.5 Å². The van der Waals surface area contributed by atoms with E-state index in [1.165, 1.54) is 30.0 Å². The fourth-order valence-corrected chi connectivity index (χ4v) is 2.73. The van der Waals surface area contributed by atoms with Gasteiger partial charge in [-0.25, -0.2) is 4.79 Å². The highest BCUT2D eigenvalue weighted by molar-refractivity contribution is 7.98. The average molecular weight is 371 g/mol. The lowest BCUT2D eigenvalue weighted by Crippen LogP contribution is -2.06. The third-order valence-electron chi connectivity index (χ3n) is 3.44. The van der Waals surface area contributed by atoms with Crippen molar-refractivity contribution in [1.29, 1.82) is 0 Å². The molecule has 0 bridgehead atoms. The number of aromatic nitrogens is 2. The van der Waals surface area contributed by atoms with Gasteiger partial charge in [0, 0.05) is 11.6 Å². The van der Waals surface area contributed by atoms with Gasteiger partial charge in [0.15, 0.2) is 6.61 Å². The van der Waals surface area contributed by atoms with Crippen LogP contribution in [0.25, 0.3) is 11.4 Å². The molecule has 1 aromatic heterocycles. The molecule has 1 heterocycles. The zero-order valence-corrected chi connectivity index (χ0v) is 14.4. The molecular formula is C17H13N3O5S. The van der Waals surface area contributed by atoms with Gasteiger partial charge in [-0.3, -0.25) is 10.1 Å². The van der Waals surface area contributed by atoms with Crippen molar-refractivity contribution in [3.8, 4) is 11.4 Å². The minimum atomic E-state index is -0.708. The first-order chi connectivity index (χ1) is 12.6. The van der Waals surface area contributed by atoms with E-state index >= 15 is 0 Å². The van der Waals surface area contributed by atoms with Crippen molar-refractivity contribution in [3.05, 3.63) is 70.1 Å². The van der Waals surface area contributed by atoms with E-state index < -0.39 is 10.9 Å². The van der Waals surface area contributed by atoms with E-state index in [-0.39, 0.29) is 23.7 Å². The first kappa shape index (κ1) is 17.6. The number of carbonyl (C=O) groups excluding carboxylic acids is 1. The first-order valence-corrected chi connectivity index (χ1v) is 8.68. The number of benzene rings is 2. The van der Waals surface area contributed by atoms with Crippen LogP contribution in [-0.2, 0) is 11.3 Å². The molecule has 8 nitrogen and oxygen atoms in total. The molecule has 0 unspecified atom stereocenters. The Morgan fingerprint density at radius 1 is 1.27 bits per heavy atom. The van der Waals surface area contributed by atoms with Gasteiger partial charge < -0.3 is 9.26 Å². The van der Waals surface area contributed by atoms with Crippen molar-refractivity contribution >= 4 is 23.4 Å². The number of carbonyl (C=O) groups is 1. The molecule has 0 atom stereocenters. The van der Waals surface area contributed by atoms with E-state index in [4.69, 9.17) is 9.26 Å². The standard InChI is InChI=1S/C17H13N3O5S/c1-26-14-8-7-12(9-13(14)20(22)23)17(21)24-10-15-18-16(19-25-15)11-5-3-2-4-6-11/h2-9H,10H2,1H3. The summed E-state index contributed by atoms with van der Waals surface area (Å²) >= 11 is 1.23. The molecule has 26 heavy (non-hydrogen) atoms. The molecular weight excluding hydrogens is 358 g/mol. The number of esters is 1. The van der Waals surface area contributed by atoms with Crippen LogP contribution in [0.15, 0.2) is 57.9 Å². The van der Waals surface area contributed by atoms with E-state index in [9.17, 15) is 14.9 Å². The molecule has 0 aliphatic carbocycles. The summed E-state index contributed by atoms with van der Waals surface area (Å²) in [7, 11) is 0. The Hall–Kier alpha value is -3.20. The van der Waals surface area contributed by atoms with Gasteiger partial charge in [-0.1, -0.05) is 35.5 Å². The van der Waals surface area contributed by atoms with E-state index in [0.29, 0.717) is 10.7 Å². The highest BCUT2D eigenvalue weighted by Gasteiger charge is 2.18. The molecule has 9 heteroatoms. The maximum Gasteiger partial charge on any atom is 0.338 e. The van der Waals surface area contributed by atoms with Gasteiger partial charge in [0.05, 0.1) is 15.4 Å². The van der Waals surface area contributed by atoms with Crippen LogP contribution in [0.1, 0.15) is 16.2 Å². The van der Waals surface area contributed by atoms with Crippen LogP contribution in [0.5, 0.6) is 0 Å². The lowest BCUT2D eigenvalue weighted by molar-refractivity contribution is -0.387. The van der Waals surface area contributed by atoms with Crippen molar-refractivity contribution in [2.75, 3.05) is 6.26 Å². The second kappa shape index (κ2) is 7.79. The highest BCUT2D eigenvalue weighted by Crippen LogP contribution is 2.28. The zero-order chi connectivity index (χ0) is 18.5. The minimum Gasteiger partial charge on any atom is -0.452 e. The Balaban J connectivity index is 1.69. The first-order valence-electron chi connectivity index (χ1n) is 7.46. The summed E-state index contributed by atoms with van der Waals surface area (Å²) in [6, 6.07) is 13.4. The van der Waals surface area contributed by atoms with Crippen molar-refractivity contribution in [3.63, 3.8) is 0 Å². The monoisotopic (exact) mass is 371 g/mol. The van der Waals surface area contributed by atoms with E-state index in [0.717, 1.165) is 5.56 Å². The Labute approximate surface area is 152 Å². The van der Waals surface area contributed by atoms with Crippen LogP contribution in [0.3, 0.4) is 0 Å². The Morgan fingerprint density at radius 2 is 2.04 bits per heavy atom. The highest BCUT2D eigenvalue weighted by atomic mass is 32.2. The van der Waals surface area contributed by atoms with Crippen LogP contribution in [0.2, 0.25) is 0 Å². The molecule has 3 rings (SSSR count). The average Bonchev–Trinajstić information content (AvgIpc) is 3.15. The molecule has 0 N–H and O–H groups in total. The number of nitrogens with zero attached hydrogens (tertiary/aromatic N) is 3. The van der Waals surface area contributed by atoms with Crippen molar-refractivity contribution in [2.24, 2.45) is 0 Å². The minimum absolute atomic E-state index is 0.0808. The quantitative estimate of drug-likeness (QED) is 0.279. The molecule has 0 saturated carbocycles. The lowest BCUT2D eigenvalue weighted by Gasteiger charge is -2.04. The van der Waals surface area contributed by atoms with Crippen molar-refractivity contribution < 1.29 is 19.0 Å². The fourth-order valence-electron chi connectivity index (χ4n) is 2.19. The predicted octanol–water partition coefficient (Wildman–Crippen LogP) is 3.72. The summed E-state index contributed by atoms with van der Waals surface area (Å²) in [5.41, 5.74) is 0.713. The summed E-state index contributed by atoms with van der Waals surface area (Å²) < 4.78 is 10.2. The molecule has 0 aliphatic rings. The van der Waals surface area contributed by atoms with Crippen LogP contribution in [-0.4, -0.2) is 27.3 Å². The lowest BCUT2D eigenvalue weighted by atomic mass is 10.2. The number of hydrogen-bond donors (Lipinski definition) is 0. The summed E-state index contributed by atoms with van der Waals surface area (Å²) in [6.07, 6.45) is 1.72. The Kier molecular flexibility index (Phi) is 5.28. The fraction of sp³-hybridized carbons (Fsp3) is 0.118. The number of nitro benzene ring substituents is 1. The zero-order valence-electron chi connectivity index (χ0n) is 13.6. The molecule has 2 aromatic carbocycles. The van der Waals surface area contributed by atoms with Gasteiger partial charge in [-0.2, -0.15) is 4.98 Å². The molecule has 132 valence electrons. The number of nitro groups is 1. The maximum absolute atomic E-state index is 12.1. The SMILES string of the molecule is CSc1ccc(C(=O)OCc2nc(-c3ccccc3)no2)cc1[N+](=O)[O-]. The summed E-state index contributed by atoms with van der Waals surface area (Å²) in [5, 5.41) is 14.9. The number of rotatable bonds is 6. The van der Waals surface area contributed by atoms with Gasteiger partial charge in [0.25, 0.3) is 11.6 Å². The van der Waals surface area contributed by atoms with Crippen LogP contribution in [0, 0.1) is 10.1 Å². The third-order valence-corrected chi connectivity index (χ3v) is 4.22. The predicted molar refractivity (Wildman–Crippen MR) is 93.7 cm³/mol. The van der Waals surface area contributed by atoms with E-state index in [1.807, 2.05) is 30.3 Å². The molecule has 3 aromatic rings. The van der Waals surface area contributed by atoms with E-state index in [2.05, 4.69) is 10.1 Å². The van der Waals surface area contributed by atoms with Gasteiger partial charge >= 0.3 is 5.97 Å². The van der Waals surface area contributed by atoms with Gasteiger partial charge in [-0.15, -0.1) is 11.8 Å². The van der Waals surface area contributed by atoms with E-state index in [1.54, 1.807) is 6.26 Å². The normalized spacial score (nSPS) is 10.5. The molecule has 0 saturated heterocycles. The second-order valence-electron chi connectivity index (χ2n) is 5.10. The summed E-state index contributed by atoms with van der Waals surface area (Å²) in [4.78, 5) is 27.3. The maximum atomic E-state index is 12.1. The smallest absolute Gasteiger partial charge is 0.338 e. The molecule has 0 aliphatic heterocycles. The Morgan fingerprint density at radius 3 is 2.73 bits per heavy atom. The molecule has 0 radical (unpaired) electrons. The number of hydrogen-bond acceptors (Lipinski definition) is 8. The number of ether oxygens (including phenoxy) is 1. The molecule has 0 amide bonds. The molecule has 0 spiro atoms. The largest absolute Gasteiger partial charge is 0.452 e. The van der Waals surface area contributed by atoms with Crippen LogP contribution in [0.4, 0.5) is 5.69 Å². The third kappa shape index (κ3) is 3.89. The van der Waals surface area contributed by atoms with Gasteiger partial charge in [-0.05, 0) is 18.4 Å². The Bertz CT molecular complexity index is 943. The second-order valence-corrected chi connectivity index (χ2v) is 5.95. The summed E-state index contributed by atoms with van der Waals surface area (Å²) in [6.45, 7) is -0.225. The summed E-state index contributed by atoms with van der Waals surface area (Å²) in [5.74, 6) is -0.190. The van der Waals surface area contributed by atoms with Crippen molar-refractivity contribution in [1.82, 2.24) is 10.1 Å². The number of thioether (sulfide) groups is 1. The van der Waals surface area contributed by atoms with Gasteiger partial charge in [0.2, 0.25) is 5.82 Å². The van der Waals surface area contributed by atoms with Gasteiger partial charge in [0.1, 0.15) is 0 Å².